The predicted octanol–water partition coefficient (Wildman–Crippen LogP) is 3.48. The van der Waals surface area contributed by atoms with Gasteiger partial charge in [-0.15, -0.1) is 6.58 Å². The minimum absolute atomic E-state index is 0.0269. The Labute approximate surface area is 107 Å². The van der Waals surface area contributed by atoms with Gasteiger partial charge >= 0.3 is 8.80 Å². The summed E-state index contributed by atoms with van der Waals surface area (Å²) in [4.78, 5) is 0. The fourth-order valence-corrected chi connectivity index (χ4v) is 3.84. The van der Waals surface area contributed by atoms with Gasteiger partial charge in [0.1, 0.15) is 0 Å². The summed E-state index contributed by atoms with van der Waals surface area (Å²) < 4.78 is 17.7. The van der Waals surface area contributed by atoms with Gasteiger partial charge in [-0.05, 0) is 47.2 Å². The van der Waals surface area contributed by atoms with E-state index in [0.29, 0.717) is 0 Å². The zero-order chi connectivity index (χ0) is 13.7. The van der Waals surface area contributed by atoms with E-state index in [1.54, 1.807) is 11.8 Å². The maximum atomic E-state index is 6.00. The fraction of sp³-hybridized carbons (Fsp3) is 0.692. The maximum absolute atomic E-state index is 6.00. The average Bonchev–Trinajstić information content (AvgIpc) is 2.14. The number of hydrogen-bond acceptors (Lipinski definition) is 3. The Morgan fingerprint density at radius 2 is 1.41 bits per heavy atom. The van der Waals surface area contributed by atoms with Crippen LogP contribution in [0, 0.1) is 0 Å². The highest BCUT2D eigenvalue weighted by Gasteiger charge is 2.44. The molecule has 0 aliphatic heterocycles. The van der Waals surface area contributed by atoms with Gasteiger partial charge in [0.15, 0.2) is 0 Å². The SMILES string of the molecule is C=CC(C)(C)O[Si](C=C)(OC(C)C)OC(C)C. The second-order valence-electron chi connectivity index (χ2n) is 5.05. The first-order chi connectivity index (χ1) is 7.66. The third-order valence-corrected chi connectivity index (χ3v) is 4.86. The van der Waals surface area contributed by atoms with E-state index >= 15 is 0 Å². The van der Waals surface area contributed by atoms with Crippen molar-refractivity contribution in [2.24, 2.45) is 0 Å². The molecule has 100 valence electrons. The van der Waals surface area contributed by atoms with Crippen molar-refractivity contribution < 1.29 is 13.3 Å². The van der Waals surface area contributed by atoms with Crippen LogP contribution in [0.2, 0.25) is 0 Å². The highest BCUT2D eigenvalue weighted by Crippen LogP contribution is 2.24. The number of hydrogen-bond donors (Lipinski definition) is 0. The quantitative estimate of drug-likeness (QED) is 0.493. The lowest BCUT2D eigenvalue weighted by Crippen LogP contribution is -2.52. The Balaban J connectivity index is 5.03. The Morgan fingerprint density at radius 1 is 1.00 bits per heavy atom. The molecule has 0 bridgehead atoms. The van der Waals surface area contributed by atoms with Crippen LogP contribution in [0.1, 0.15) is 41.5 Å². The van der Waals surface area contributed by atoms with Crippen LogP contribution < -0.4 is 0 Å². The standard InChI is InChI=1S/C13H26O3Si/c1-9-13(7,8)16-17(10-2,14-11(3)4)15-12(5)6/h9-12H,1-2H2,3-8H3. The molecule has 17 heavy (non-hydrogen) atoms. The Morgan fingerprint density at radius 3 is 1.65 bits per heavy atom. The van der Waals surface area contributed by atoms with E-state index in [9.17, 15) is 0 Å². The molecule has 0 aliphatic rings. The highest BCUT2D eigenvalue weighted by molar-refractivity contribution is 6.66. The second-order valence-corrected chi connectivity index (χ2v) is 7.34. The summed E-state index contributed by atoms with van der Waals surface area (Å²) in [6.07, 6.45) is 1.80. The Kier molecular flexibility index (Phi) is 6.33. The van der Waals surface area contributed by atoms with Gasteiger partial charge in [0.25, 0.3) is 0 Å². The van der Waals surface area contributed by atoms with Gasteiger partial charge in [0, 0.05) is 12.2 Å². The molecule has 0 rings (SSSR count). The van der Waals surface area contributed by atoms with Gasteiger partial charge in [-0.3, -0.25) is 0 Å². The fourth-order valence-electron chi connectivity index (χ4n) is 1.28. The minimum atomic E-state index is -2.86. The Hall–Kier alpha value is -0.423. The summed E-state index contributed by atoms with van der Waals surface area (Å²) in [6, 6.07) is 0. The van der Waals surface area contributed by atoms with Gasteiger partial charge < -0.3 is 13.3 Å². The molecule has 0 amide bonds. The van der Waals surface area contributed by atoms with Crippen molar-refractivity contribution in [1.29, 1.82) is 0 Å². The molecule has 0 spiro atoms. The molecular formula is C13H26O3Si. The molecule has 0 saturated carbocycles. The van der Waals surface area contributed by atoms with E-state index in [2.05, 4.69) is 13.2 Å². The van der Waals surface area contributed by atoms with Crippen molar-refractivity contribution in [3.05, 3.63) is 24.9 Å². The first-order valence-corrected chi connectivity index (χ1v) is 7.79. The molecular weight excluding hydrogens is 232 g/mol. The third kappa shape index (κ3) is 6.17. The van der Waals surface area contributed by atoms with E-state index in [-0.39, 0.29) is 12.2 Å². The van der Waals surface area contributed by atoms with Crippen LogP contribution in [-0.4, -0.2) is 26.6 Å². The predicted molar refractivity (Wildman–Crippen MR) is 73.8 cm³/mol. The molecule has 0 fully saturated rings. The molecule has 0 N–H and O–H groups in total. The van der Waals surface area contributed by atoms with Crippen LogP contribution in [0.3, 0.4) is 0 Å². The lowest BCUT2D eigenvalue weighted by atomic mass is 10.1. The zero-order valence-corrected chi connectivity index (χ0v) is 12.9. The van der Waals surface area contributed by atoms with E-state index in [0.717, 1.165) is 0 Å². The first kappa shape index (κ1) is 16.6. The van der Waals surface area contributed by atoms with Crippen LogP contribution in [0.5, 0.6) is 0 Å². The van der Waals surface area contributed by atoms with Gasteiger partial charge in [-0.1, -0.05) is 12.7 Å². The summed E-state index contributed by atoms with van der Waals surface area (Å²) in [5.74, 6) is 0. The largest absolute Gasteiger partial charge is 0.530 e. The molecule has 0 saturated heterocycles. The van der Waals surface area contributed by atoms with Crippen molar-refractivity contribution in [3.8, 4) is 0 Å². The first-order valence-electron chi connectivity index (χ1n) is 5.99. The summed E-state index contributed by atoms with van der Waals surface area (Å²) in [6.45, 7) is 19.3. The van der Waals surface area contributed by atoms with Crippen molar-refractivity contribution >= 4 is 8.80 Å². The summed E-state index contributed by atoms with van der Waals surface area (Å²) in [7, 11) is -2.86. The molecule has 0 aliphatic carbocycles. The van der Waals surface area contributed by atoms with Gasteiger partial charge in [0.05, 0.1) is 5.60 Å². The van der Waals surface area contributed by atoms with Crippen LogP contribution in [0.4, 0.5) is 0 Å². The van der Waals surface area contributed by atoms with E-state index in [4.69, 9.17) is 13.3 Å². The lowest BCUT2D eigenvalue weighted by Gasteiger charge is -2.36. The van der Waals surface area contributed by atoms with Gasteiger partial charge in [-0.25, -0.2) is 0 Å². The highest BCUT2D eigenvalue weighted by atomic mass is 28.4. The molecule has 0 aromatic rings. The molecule has 3 nitrogen and oxygen atoms in total. The van der Waals surface area contributed by atoms with Gasteiger partial charge in [0.2, 0.25) is 0 Å². The minimum Gasteiger partial charge on any atom is -0.368 e. The maximum Gasteiger partial charge on any atom is 0.530 e. The van der Waals surface area contributed by atoms with Crippen molar-refractivity contribution in [1.82, 2.24) is 0 Å². The average molecular weight is 258 g/mol. The van der Waals surface area contributed by atoms with Crippen LogP contribution in [0.25, 0.3) is 0 Å². The summed E-state index contributed by atoms with van der Waals surface area (Å²) in [5, 5.41) is 0. The normalized spacial score (nSPS) is 13.2. The van der Waals surface area contributed by atoms with E-state index in [1.807, 2.05) is 41.5 Å². The summed E-state index contributed by atoms with van der Waals surface area (Å²) in [5.41, 5.74) is 1.18. The monoisotopic (exact) mass is 258 g/mol. The van der Waals surface area contributed by atoms with Crippen molar-refractivity contribution in [3.63, 3.8) is 0 Å². The van der Waals surface area contributed by atoms with Crippen LogP contribution in [0.15, 0.2) is 24.9 Å². The van der Waals surface area contributed by atoms with Crippen molar-refractivity contribution in [2.45, 2.75) is 59.4 Å². The zero-order valence-electron chi connectivity index (χ0n) is 11.9. The molecule has 0 unspecified atom stereocenters. The third-order valence-electron chi connectivity index (χ3n) is 1.95. The molecule has 0 aromatic heterocycles. The van der Waals surface area contributed by atoms with Gasteiger partial charge in [-0.2, -0.15) is 0 Å². The van der Waals surface area contributed by atoms with Crippen LogP contribution >= 0.6 is 0 Å². The topological polar surface area (TPSA) is 27.7 Å². The van der Waals surface area contributed by atoms with E-state index < -0.39 is 14.4 Å². The molecule has 0 heterocycles. The summed E-state index contributed by atoms with van der Waals surface area (Å²) >= 11 is 0. The molecule has 0 radical (unpaired) electrons. The molecule has 0 atom stereocenters. The second kappa shape index (κ2) is 6.49. The number of rotatable bonds is 8. The van der Waals surface area contributed by atoms with Crippen LogP contribution in [-0.2, 0) is 13.3 Å². The molecule has 4 heteroatoms. The van der Waals surface area contributed by atoms with Crippen molar-refractivity contribution in [2.75, 3.05) is 0 Å². The van der Waals surface area contributed by atoms with E-state index in [1.165, 1.54) is 0 Å². The lowest BCUT2D eigenvalue weighted by molar-refractivity contribution is -0.00925. The molecule has 0 aromatic carbocycles. The Bertz CT molecular complexity index is 249. The smallest absolute Gasteiger partial charge is 0.368 e.